The summed E-state index contributed by atoms with van der Waals surface area (Å²) in [6.45, 7) is 1.34. The average Bonchev–Trinajstić information content (AvgIpc) is 2.14. The number of carbonyl (C=O) groups is 1. The maximum absolute atomic E-state index is 10.7. The van der Waals surface area contributed by atoms with Crippen LogP contribution in [0.2, 0.25) is 0 Å². The quantitative estimate of drug-likeness (QED) is 0.390. The van der Waals surface area contributed by atoms with E-state index in [4.69, 9.17) is 23.2 Å². The number of nitrogens with zero attached hydrogens (tertiary/aromatic N) is 1. The van der Waals surface area contributed by atoms with Crippen molar-refractivity contribution in [1.29, 1.82) is 0 Å². The highest BCUT2D eigenvalue weighted by atomic mass is 35.5. The lowest BCUT2D eigenvalue weighted by Gasteiger charge is -2.16. The van der Waals surface area contributed by atoms with Crippen molar-refractivity contribution >= 4 is 29.2 Å². The molecule has 3 nitrogen and oxygen atoms in total. The Hall–Kier alpha value is -0.410. The standard InChI is InChI=1S/C8H13Cl2NO2/c1-13-8(12)2-5-11(6-3-9)7-4-10/h2,5H,3-4,6-7H2,1H3/b5-2-. The molecule has 0 radical (unpaired) electrons. The molecule has 0 bridgehead atoms. The SMILES string of the molecule is COC(=O)/C=C\N(CCCl)CCCl. The fraction of sp³-hybridized carbons (Fsp3) is 0.625. The maximum atomic E-state index is 10.7. The highest BCUT2D eigenvalue weighted by molar-refractivity contribution is 6.18. The zero-order valence-electron chi connectivity index (χ0n) is 7.50. The molecule has 0 atom stereocenters. The topological polar surface area (TPSA) is 29.5 Å². The van der Waals surface area contributed by atoms with Crippen LogP contribution in [0, 0.1) is 0 Å². The van der Waals surface area contributed by atoms with E-state index in [1.165, 1.54) is 13.2 Å². The third-order valence-electron chi connectivity index (χ3n) is 1.37. The second-order valence-corrected chi connectivity index (χ2v) is 3.01. The molecule has 0 amide bonds. The molecule has 0 aromatic carbocycles. The second-order valence-electron chi connectivity index (χ2n) is 2.25. The van der Waals surface area contributed by atoms with Gasteiger partial charge in [0.05, 0.1) is 7.11 Å². The molecule has 13 heavy (non-hydrogen) atoms. The predicted octanol–water partition coefficient (Wildman–Crippen LogP) is 1.45. The van der Waals surface area contributed by atoms with Crippen molar-refractivity contribution in [3.63, 3.8) is 0 Å². The summed E-state index contributed by atoms with van der Waals surface area (Å²) in [7, 11) is 1.33. The summed E-state index contributed by atoms with van der Waals surface area (Å²) in [4.78, 5) is 12.6. The van der Waals surface area contributed by atoms with Crippen molar-refractivity contribution in [2.75, 3.05) is 32.0 Å². The minimum absolute atomic E-state index is 0.380. The molecule has 0 heterocycles. The van der Waals surface area contributed by atoms with Crippen LogP contribution in [0.4, 0.5) is 0 Å². The van der Waals surface area contributed by atoms with Gasteiger partial charge >= 0.3 is 5.97 Å². The normalized spacial score (nSPS) is 10.4. The molecular formula is C8H13Cl2NO2. The van der Waals surface area contributed by atoms with E-state index in [2.05, 4.69) is 4.74 Å². The highest BCUT2D eigenvalue weighted by Crippen LogP contribution is 1.93. The fourth-order valence-corrected chi connectivity index (χ4v) is 1.15. The van der Waals surface area contributed by atoms with Gasteiger partial charge in [-0.3, -0.25) is 0 Å². The van der Waals surface area contributed by atoms with Gasteiger partial charge in [-0.2, -0.15) is 0 Å². The van der Waals surface area contributed by atoms with Crippen LogP contribution in [0.5, 0.6) is 0 Å². The van der Waals surface area contributed by atoms with Gasteiger partial charge in [-0.1, -0.05) is 0 Å². The van der Waals surface area contributed by atoms with Crippen molar-refractivity contribution in [2.45, 2.75) is 0 Å². The predicted molar refractivity (Wildman–Crippen MR) is 54.2 cm³/mol. The van der Waals surface area contributed by atoms with Gasteiger partial charge in [0.2, 0.25) is 0 Å². The number of hydrogen-bond donors (Lipinski definition) is 0. The summed E-state index contributed by atoms with van der Waals surface area (Å²) in [5.41, 5.74) is 0. The van der Waals surface area contributed by atoms with Crippen molar-refractivity contribution < 1.29 is 9.53 Å². The second kappa shape index (κ2) is 8.20. The number of esters is 1. The summed E-state index contributed by atoms with van der Waals surface area (Å²) in [5, 5.41) is 0. The van der Waals surface area contributed by atoms with Gasteiger partial charge < -0.3 is 9.64 Å². The van der Waals surface area contributed by atoms with E-state index in [-0.39, 0.29) is 5.97 Å². The zero-order valence-corrected chi connectivity index (χ0v) is 9.01. The highest BCUT2D eigenvalue weighted by Gasteiger charge is 1.98. The molecule has 0 saturated carbocycles. The third-order valence-corrected chi connectivity index (χ3v) is 1.70. The molecule has 0 aliphatic rings. The van der Waals surface area contributed by atoms with Crippen LogP contribution in [0.25, 0.3) is 0 Å². The Morgan fingerprint density at radius 3 is 2.31 bits per heavy atom. The number of hydrogen-bond acceptors (Lipinski definition) is 3. The first kappa shape index (κ1) is 12.6. The average molecular weight is 226 g/mol. The molecular weight excluding hydrogens is 213 g/mol. The van der Waals surface area contributed by atoms with Crippen LogP contribution in [0.1, 0.15) is 0 Å². The van der Waals surface area contributed by atoms with Gasteiger partial charge in [0.25, 0.3) is 0 Å². The van der Waals surface area contributed by atoms with Crippen LogP contribution in [-0.4, -0.2) is 42.8 Å². The number of ether oxygens (including phenoxy) is 1. The Labute approximate surface area is 88.2 Å². The number of carbonyl (C=O) groups excluding carboxylic acids is 1. The zero-order chi connectivity index (χ0) is 10.1. The summed E-state index contributed by atoms with van der Waals surface area (Å²) >= 11 is 11.1. The van der Waals surface area contributed by atoms with Gasteiger partial charge in [-0.15, -0.1) is 23.2 Å². The summed E-state index contributed by atoms with van der Waals surface area (Å²) in [6, 6.07) is 0. The Balaban J connectivity index is 3.91. The lowest BCUT2D eigenvalue weighted by atomic mass is 10.5. The smallest absolute Gasteiger partial charge is 0.331 e. The number of rotatable bonds is 6. The summed E-state index contributed by atoms with van der Waals surface area (Å²) in [5.74, 6) is 0.624. The molecule has 76 valence electrons. The Kier molecular flexibility index (Phi) is 7.94. The minimum atomic E-state index is -0.380. The minimum Gasteiger partial charge on any atom is -0.466 e. The van der Waals surface area contributed by atoms with Gasteiger partial charge in [0.1, 0.15) is 0 Å². The van der Waals surface area contributed by atoms with Crippen LogP contribution >= 0.6 is 23.2 Å². The first-order valence-electron chi connectivity index (χ1n) is 3.86. The van der Waals surface area contributed by atoms with E-state index < -0.39 is 0 Å². The first-order chi connectivity index (χ1) is 6.24. The van der Waals surface area contributed by atoms with Crippen LogP contribution in [0.3, 0.4) is 0 Å². The number of methoxy groups -OCH3 is 1. The van der Waals surface area contributed by atoms with Crippen molar-refractivity contribution in [1.82, 2.24) is 4.90 Å². The van der Waals surface area contributed by atoms with Crippen LogP contribution in [0.15, 0.2) is 12.3 Å². The Bertz CT molecular complexity index is 168. The van der Waals surface area contributed by atoms with E-state index in [1.54, 1.807) is 6.20 Å². The molecule has 0 aliphatic carbocycles. The van der Waals surface area contributed by atoms with E-state index in [0.717, 1.165) is 0 Å². The molecule has 0 fully saturated rings. The molecule has 0 saturated heterocycles. The molecule has 0 unspecified atom stereocenters. The van der Waals surface area contributed by atoms with Crippen molar-refractivity contribution in [2.24, 2.45) is 0 Å². The first-order valence-corrected chi connectivity index (χ1v) is 4.93. The van der Waals surface area contributed by atoms with Gasteiger partial charge in [-0.05, 0) is 0 Å². The summed E-state index contributed by atoms with van der Waals surface area (Å²) < 4.78 is 4.44. The largest absolute Gasteiger partial charge is 0.466 e. The van der Waals surface area contributed by atoms with Crippen molar-refractivity contribution in [3.05, 3.63) is 12.3 Å². The van der Waals surface area contributed by atoms with Gasteiger partial charge in [0, 0.05) is 37.1 Å². The molecule has 0 N–H and O–H groups in total. The van der Waals surface area contributed by atoms with Crippen molar-refractivity contribution in [3.8, 4) is 0 Å². The van der Waals surface area contributed by atoms with E-state index in [0.29, 0.717) is 24.8 Å². The molecule has 0 spiro atoms. The van der Waals surface area contributed by atoms with Gasteiger partial charge in [-0.25, -0.2) is 4.79 Å². The van der Waals surface area contributed by atoms with Crippen LogP contribution in [-0.2, 0) is 9.53 Å². The monoisotopic (exact) mass is 225 g/mol. The number of alkyl halides is 2. The Morgan fingerprint density at radius 2 is 1.92 bits per heavy atom. The lowest BCUT2D eigenvalue weighted by molar-refractivity contribution is -0.134. The lowest BCUT2D eigenvalue weighted by Crippen LogP contribution is -2.22. The van der Waals surface area contributed by atoms with E-state index in [1.807, 2.05) is 4.90 Å². The third kappa shape index (κ3) is 6.72. The fourth-order valence-electron chi connectivity index (χ4n) is 0.712. The molecule has 0 aromatic rings. The van der Waals surface area contributed by atoms with E-state index in [9.17, 15) is 4.79 Å². The maximum Gasteiger partial charge on any atom is 0.331 e. The van der Waals surface area contributed by atoms with E-state index >= 15 is 0 Å². The molecule has 0 rings (SSSR count). The Morgan fingerprint density at radius 1 is 1.38 bits per heavy atom. The van der Waals surface area contributed by atoms with Gasteiger partial charge in [0.15, 0.2) is 0 Å². The molecule has 0 aliphatic heterocycles. The molecule has 0 aromatic heterocycles. The number of halogens is 2. The molecule has 5 heteroatoms. The van der Waals surface area contributed by atoms with Crippen LogP contribution < -0.4 is 0 Å². The summed E-state index contributed by atoms with van der Waals surface area (Å²) in [6.07, 6.45) is 2.98.